The second kappa shape index (κ2) is 4.38. The number of fused-ring (bicyclic) bond motifs is 1. The van der Waals surface area contributed by atoms with E-state index in [1.54, 1.807) is 3.96 Å². The fourth-order valence-electron chi connectivity index (χ4n) is 1.74. The van der Waals surface area contributed by atoms with Crippen LogP contribution in [-0.4, -0.2) is 14.1 Å². The zero-order valence-electron chi connectivity index (χ0n) is 9.79. The summed E-state index contributed by atoms with van der Waals surface area (Å²) in [5.41, 5.74) is -0.00755. The predicted octanol–water partition coefficient (Wildman–Crippen LogP) is 2.06. The number of nitrogens with zero attached hydrogens (tertiary/aromatic N) is 3. The Morgan fingerprint density at radius 3 is 2.94 bits per heavy atom. The molecule has 0 N–H and O–H groups in total. The van der Waals surface area contributed by atoms with Crippen molar-refractivity contribution in [1.29, 1.82) is 0 Å². The fourth-order valence-corrected chi connectivity index (χ4v) is 2.73. The van der Waals surface area contributed by atoms with Gasteiger partial charge < -0.3 is 4.52 Å². The van der Waals surface area contributed by atoms with Crippen LogP contribution < -0.4 is 5.56 Å². The average molecular weight is 261 g/mol. The summed E-state index contributed by atoms with van der Waals surface area (Å²) in [4.78, 5) is 16.3. The molecule has 5 nitrogen and oxygen atoms in total. The van der Waals surface area contributed by atoms with Gasteiger partial charge in [0, 0.05) is 6.42 Å². The highest BCUT2D eigenvalue weighted by Gasteiger charge is 2.11. The SMILES string of the molecule is CCc1noc(Cn2sc3ccccc3c2=O)n1. The first kappa shape index (κ1) is 11.2. The summed E-state index contributed by atoms with van der Waals surface area (Å²) >= 11 is 1.41. The second-order valence-corrected chi connectivity index (χ2v) is 4.95. The number of rotatable bonds is 3. The molecule has 2 aromatic heterocycles. The zero-order valence-corrected chi connectivity index (χ0v) is 10.6. The van der Waals surface area contributed by atoms with Crippen molar-refractivity contribution in [1.82, 2.24) is 14.1 Å². The molecule has 92 valence electrons. The summed E-state index contributed by atoms with van der Waals surface area (Å²) in [7, 11) is 0. The maximum Gasteiger partial charge on any atom is 0.268 e. The Kier molecular flexibility index (Phi) is 2.71. The summed E-state index contributed by atoms with van der Waals surface area (Å²) < 4.78 is 7.70. The van der Waals surface area contributed by atoms with Crippen molar-refractivity contribution in [2.75, 3.05) is 0 Å². The number of benzene rings is 1. The molecular formula is C12H11N3O2S. The highest BCUT2D eigenvalue weighted by Crippen LogP contribution is 2.16. The van der Waals surface area contributed by atoms with Crippen LogP contribution >= 0.6 is 11.5 Å². The van der Waals surface area contributed by atoms with Crippen LogP contribution in [0, 0.1) is 0 Å². The second-order valence-electron chi connectivity index (χ2n) is 3.89. The minimum atomic E-state index is -0.00755. The summed E-state index contributed by atoms with van der Waals surface area (Å²) in [6.07, 6.45) is 0.727. The van der Waals surface area contributed by atoms with E-state index in [2.05, 4.69) is 10.1 Å². The monoisotopic (exact) mass is 261 g/mol. The maximum atomic E-state index is 12.1. The average Bonchev–Trinajstić information content (AvgIpc) is 2.97. The molecule has 0 aliphatic carbocycles. The Bertz CT molecular complexity index is 741. The molecule has 0 saturated carbocycles. The van der Waals surface area contributed by atoms with Gasteiger partial charge in [0.05, 0.1) is 10.1 Å². The predicted molar refractivity (Wildman–Crippen MR) is 68.9 cm³/mol. The van der Waals surface area contributed by atoms with E-state index in [9.17, 15) is 4.79 Å². The molecule has 0 aliphatic heterocycles. The van der Waals surface area contributed by atoms with E-state index >= 15 is 0 Å². The van der Waals surface area contributed by atoms with Crippen LogP contribution in [0.15, 0.2) is 33.6 Å². The molecule has 0 saturated heterocycles. The lowest BCUT2D eigenvalue weighted by atomic mass is 10.3. The first-order valence-corrected chi connectivity index (χ1v) is 6.45. The van der Waals surface area contributed by atoms with Crippen LogP contribution in [0.25, 0.3) is 10.1 Å². The van der Waals surface area contributed by atoms with Gasteiger partial charge in [-0.15, -0.1) is 0 Å². The molecule has 2 heterocycles. The summed E-state index contributed by atoms with van der Waals surface area (Å²) in [5, 5.41) is 4.55. The number of aryl methyl sites for hydroxylation is 1. The Hall–Kier alpha value is -1.95. The minimum absolute atomic E-state index is 0.00755. The van der Waals surface area contributed by atoms with E-state index in [4.69, 9.17) is 4.52 Å². The molecule has 18 heavy (non-hydrogen) atoms. The molecular weight excluding hydrogens is 250 g/mol. The van der Waals surface area contributed by atoms with E-state index < -0.39 is 0 Å². The van der Waals surface area contributed by atoms with Crippen LogP contribution in [-0.2, 0) is 13.0 Å². The normalized spacial score (nSPS) is 11.2. The van der Waals surface area contributed by atoms with E-state index in [1.807, 2.05) is 31.2 Å². The lowest BCUT2D eigenvalue weighted by Gasteiger charge is -1.92. The van der Waals surface area contributed by atoms with Crippen molar-refractivity contribution < 1.29 is 4.52 Å². The first-order valence-electron chi connectivity index (χ1n) is 5.68. The third-order valence-corrected chi connectivity index (χ3v) is 3.73. The largest absolute Gasteiger partial charge is 0.337 e. The molecule has 0 unspecified atom stereocenters. The first-order chi connectivity index (χ1) is 8.78. The molecule has 0 amide bonds. The molecule has 6 heteroatoms. The highest BCUT2D eigenvalue weighted by atomic mass is 32.1. The van der Waals surface area contributed by atoms with Gasteiger partial charge in [0.25, 0.3) is 5.56 Å². The van der Waals surface area contributed by atoms with Gasteiger partial charge in [-0.05, 0) is 12.1 Å². The molecule has 3 rings (SSSR count). The summed E-state index contributed by atoms with van der Waals surface area (Å²) in [5.74, 6) is 1.14. The van der Waals surface area contributed by atoms with Crippen molar-refractivity contribution in [3.8, 4) is 0 Å². The summed E-state index contributed by atoms with van der Waals surface area (Å²) in [6.45, 7) is 2.30. The molecule has 1 aromatic carbocycles. The van der Waals surface area contributed by atoms with Crippen LogP contribution in [0.5, 0.6) is 0 Å². The molecule has 0 spiro atoms. The third-order valence-electron chi connectivity index (χ3n) is 2.66. The maximum absolute atomic E-state index is 12.1. The van der Waals surface area contributed by atoms with E-state index in [-0.39, 0.29) is 5.56 Å². The Morgan fingerprint density at radius 2 is 2.22 bits per heavy atom. The van der Waals surface area contributed by atoms with Gasteiger partial charge in [0.2, 0.25) is 5.89 Å². The molecule has 3 aromatic rings. The standard InChI is InChI=1S/C12H11N3O2S/c1-2-10-13-11(17-14-10)7-15-12(16)8-5-3-4-6-9(8)18-15/h3-6H,2,7H2,1H3. The molecule has 0 radical (unpaired) electrons. The third kappa shape index (κ3) is 1.84. The molecule has 0 fully saturated rings. The summed E-state index contributed by atoms with van der Waals surface area (Å²) in [6, 6.07) is 7.55. The van der Waals surface area contributed by atoms with Gasteiger partial charge in [-0.2, -0.15) is 4.98 Å². The van der Waals surface area contributed by atoms with Gasteiger partial charge >= 0.3 is 0 Å². The van der Waals surface area contributed by atoms with E-state index in [0.29, 0.717) is 18.3 Å². The van der Waals surface area contributed by atoms with Crippen LogP contribution in [0.3, 0.4) is 0 Å². The van der Waals surface area contributed by atoms with Gasteiger partial charge in [-0.1, -0.05) is 35.7 Å². The molecule has 0 aliphatic rings. The smallest absolute Gasteiger partial charge is 0.268 e. The highest BCUT2D eigenvalue weighted by molar-refractivity contribution is 7.13. The van der Waals surface area contributed by atoms with Gasteiger partial charge in [-0.25, -0.2) is 0 Å². The van der Waals surface area contributed by atoms with Gasteiger partial charge in [0.15, 0.2) is 5.82 Å². The van der Waals surface area contributed by atoms with Crippen LogP contribution in [0.2, 0.25) is 0 Å². The number of hydrogen-bond acceptors (Lipinski definition) is 5. The fraction of sp³-hybridized carbons (Fsp3) is 0.250. The van der Waals surface area contributed by atoms with Crippen molar-refractivity contribution in [2.24, 2.45) is 0 Å². The Morgan fingerprint density at radius 1 is 1.39 bits per heavy atom. The van der Waals surface area contributed by atoms with Crippen molar-refractivity contribution >= 4 is 21.6 Å². The molecule has 0 atom stereocenters. The zero-order chi connectivity index (χ0) is 12.5. The molecule has 0 bridgehead atoms. The van der Waals surface area contributed by atoms with Crippen LogP contribution in [0.1, 0.15) is 18.6 Å². The number of aromatic nitrogens is 3. The van der Waals surface area contributed by atoms with Crippen LogP contribution in [0.4, 0.5) is 0 Å². The Labute approximate surface area is 107 Å². The van der Waals surface area contributed by atoms with E-state index in [0.717, 1.165) is 16.5 Å². The topological polar surface area (TPSA) is 60.9 Å². The number of hydrogen-bond donors (Lipinski definition) is 0. The van der Waals surface area contributed by atoms with Crippen molar-refractivity contribution in [3.05, 3.63) is 46.3 Å². The quantitative estimate of drug-likeness (QED) is 0.724. The Balaban J connectivity index is 1.99. The van der Waals surface area contributed by atoms with Gasteiger partial charge in [0.1, 0.15) is 6.54 Å². The van der Waals surface area contributed by atoms with Gasteiger partial charge in [-0.3, -0.25) is 8.75 Å². The lowest BCUT2D eigenvalue weighted by Crippen LogP contribution is -2.13. The minimum Gasteiger partial charge on any atom is -0.337 e. The van der Waals surface area contributed by atoms with Crippen molar-refractivity contribution in [3.63, 3.8) is 0 Å². The van der Waals surface area contributed by atoms with Crippen molar-refractivity contribution in [2.45, 2.75) is 19.9 Å². The lowest BCUT2D eigenvalue weighted by molar-refractivity contribution is 0.369. The van der Waals surface area contributed by atoms with E-state index in [1.165, 1.54) is 11.5 Å².